The zero-order valence-corrected chi connectivity index (χ0v) is 16.5. The zero-order chi connectivity index (χ0) is 21.5. The standard InChI is InChI=1S/C19H23FN6O4/c1-28-11-14-9-26(5-6-29-14)18-23-7-13(8-24-18)15-4-2-3-12(16(15)20)10-30-19(27)25-17(21)22/h2-4,7-8,14H,5-6,9-11H2,1H3,(H4,21,22,25,27)/t14-/m1/s1. The van der Waals surface area contributed by atoms with Gasteiger partial charge in [-0.2, -0.15) is 0 Å². The van der Waals surface area contributed by atoms with E-state index in [9.17, 15) is 9.18 Å². The number of anilines is 1. The molecule has 0 spiro atoms. The van der Waals surface area contributed by atoms with E-state index < -0.39 is 17.9 Å². The van der Waals surface area contributed by atoms with E-state index in [0.717, 1.165) is 0 Å². The molecule has 4 N–H and O–H groups in total. The predicted molar refractivity (Wildman–Crippen MR) is 107 cm³/mol. The van der Waals surface area contributed by atoms with Gasteiger partial charge in [0.15, 0.2) is 5.96 Å². The summed E-state index contributed by atoms with van der Waals surface area (Å²) in [5.41, 5.74) is 11.2. The van der Waals surface area contributed by atoms with Crippen LogP contribution in [0.4, 0.5) is 15.1 Å². The number of carbonyl (C=O) groups is 1. The summed E-state index contributed by atoms with van der Waals surface area (Å²) in [5.74, 6) is -0.441. The first-order valence-electron chi connectivity index (χ1n) is 9.19. The zero-order valence-electron chi connectivity index (χ0n) is 16.5. The SMILES string of the molecule is COC[C@H]1CN(c2ncc(-c3cccc(COC(=O)N=C(N)N)c3F)cn2)CCO1. The summed E-state index contributed by atoms with van der Waals surface area (Å²) in [6.45, 7) is 1.99. The molecule has 3 rings (SSSR count). The van der Waals surface area contributed by atoms with Crippen LogP contribution in [0.25, 0.3) is 11.1 Å². The molecule has 1 amide bonds. The molecule has 1 atom stereocenters. The minimum atomic E-state index is -0.996. The Morgan fingerprint density at radius 3 is 2.83 bits per heavy atom. The smallest absolute Gasteiger partial charge is 0.437 e. The van der Waals surface area contributed by atoms with Gasteiger partial charge in [0, 0.05) is 49.3 Å². The number of benzene rings is 1. The van der Waals surface area contributed by atoms with E-state index in [1.807, 2.05) is 4.90 Å². The van der Waals surface area contributed by atoms with Crippen LogP contribution in [0, 0.1) is 5.82 Å². The molecule has 1 aliphatic rings. The van der Waals surface area contributed by atoms with Crippen LogP contribution >= 0.6 is 0 Å². The van der Waals surface area contributed by atoms with Crippen molar-refractivity contribution in [2.24, 2.45) is 16.5 Å². The highest BCUT2D eigenvalue weighted by atomic mass is 19.1. The number of hydrogen-bond donors (Lipinski definition) is 2. The molecule has 30 heavy (non-hydrogen) atoms. The summed E-state index contributed by atoms with van der Waals surface area (Å²) in [5, 5.41) is 0. The molecule has 0 aliphatic carbocycles. The van der Waals surface area contributed by atoms with Crippen LogP contribution in [0.15, 0.2) is 35.6 Å². The summed E-state index contributed by atoms with van der Waals surface area (Å²) in [6.07, 6.45) is 2.06. The number of aliphatic imine (C=N–C) groups is 1. The Labute approximate surface area is 172 Å². The van der Waals surface area contributed by atoms with Gasteiger partial charge >= 0.3 is 6.09 Å². The van der Waals surface area contributed by atoms with Crippen molar-refractivity contribution in [1.29, 1.82) is 0 Å². The lowest BCUT2D eigenvalue weighted by atomic mass is 10.1. The van der Waals surface area contributed by atoms with Crippen molar-refractivity contribution in [3.63, 3.8) is 0 Å². The van der Waals surface area contributed by atoms with Crippen molar-refractivity contribution < 1.29 is 23.4 Å². The average Bonchev–Trinajstić information content (AvgIpc) is 2.73. The number of ether oxygens (including phenoxy) is 3. The van der Waals surface area contributed by atoms with Crippen molar-refractivity contribution in [3.05, 3.63) is 42.0 Å². The third-order valence-electron chi connectivity index (χ3n) is 4.37. The Hall–Kier alpha value is -3.31. The molecule has 2 heterocycles. The highest BCUT2D eigenvalue weighted by Crippen LogP contribution is 2.25. The van der Waals surface area contributed by atoms with Gasteiger partial charge in [-0.15, -0.1) is 4.99 Å². The van der Waals surface area contributed by atoms with Crippen molar-refractivity contribution in [3.8, 4) is 11.1 Å². The second-order valence-electron chi connectivity index (χ2n) is 6.54. The Bertz CT molecular complexity index is 902. The summed E-state index contributed by atoms with van der Waals surface area (Å²) in [4.78, 5) is 25.4. The van der Waals surface area contributed by atoms with E-state index in [4.69, 9.17) is 25.7 Å². The van der Waals surface area contributed by atoms with Crippen molar-refractivity contribution in [2.75, 3.05) is 38.3 Å². The number of guanidine groups is 1. The number of morpholine rings is 1. The molecule has 160 valence electrons. The lowest BCUT2D eigenvalue weighted by Gasteiger charge is -2.32. The van der Waals surface area contributed by atoms with Crippen molar-refractivity contribution in [2.45, 2.75) is 12.7 Å². The molecule has 1 fully saturated rings. The quantitative estimate of drug-likeness (QED) is 0.520. The Kier molecular flexibility index (Phi) is 7.09. The van der Waals surface area contributed by atoms with E-state index in [0.29, 0.717) is 37.8 Å². The van der Waals surface area contributed by atoms with Gasteiger partial charge in [0.1, 0.15) is 12.4 Å². The molecule has 1 aliphatic heterocycles. The number of amides is 1. The number of halogens is 1. The van der Waals surface area contributed by atoms with Crippen LogP contribution in [-0.4, -0.2) is 61.5 Å². The molecule has 0 radical (unpaired) electrons. The van der Waals surface area contributed by atoms with Crippen LogP contribution in [0.1, 0.15) is 5.56 Å². The number of nitrogens with two attached hydrogens (primary N) is 2. The maximum Gasteiger partial charge on any atom is 0.437 e. The van der Waals surface area contributed by atoms with Crippen molar-refractivity contribution >= 4 is 18.0 Å². The number of carbonyl (C=O) groups excluding carboxylic acids is 1. The second-order valence-corrected chi connectivity index (χ2v) is 6.54. The normalized spacial score (nSPS) is 16.2. The van der Waals surface area contributed by atoms with Crippen LogP contribution in [0.5, 0.6) is 0 Å². The first kappa shape index (κ1) is 21.4. The fourth-order valence-electron chi connectivity index (χ4n) is 3.00. The van der Waals surface area contributed by atoms with Gasteiger partial charge in [-0.25, -0.2) is 19.2 Å². The third-order valence-corrected chi connectivity index (χ3v) is 4.37. The molecule has 11 heteroatoms. The fourth-order valence-corrected chi connectivity index (χ4v) is 3.00. The average molecular weight is 418 g/mol. The first-order valence-corrected chi connectivity index (χ1v) is 9.19. The minimum absolute atomic E-state index is 0.0529. The molecule has 2 aromatic rings. The first-order chi connectivity index (χ1) is 14.5. The van der Waals surface area contributed by atoms with E-state index in [-0.39, 0.29) is 23.8 Å². The lowest BCUT2D eigenvalue weighted by molar-refractivity contribution is -0.0104. The van der Waals surface area contributed by atoms with Crippen molar-refractivity contribution in [1.82, 2.24) is 9.97 Å². The fraction of sp³-hybridized carbons (Fsp3) is 0.368. The Morgan fingerprint density at radius 2 is 2.13 bits per heavy atom. The van der Waals surface area contributed by atoms with Crippen LogP contribution in [-0.2, 0) is 20.8 Å². The van der Waals surface area contributed by atoms with E-state index in [1.54, 1.807) is 31.6 Å². The van der Waals surface area contributed by atoms with Gasteiger partial charge in [0.25, 0.3) is 0 Å². The summed E-state index contributed by atoms with van der Waals surface area (Å²) >= 11 is 0. The summed E-state index contributed by atoms with van der Waals surface area (Å²) < 4.78 is 30.5. The van der Waals surface area contributed by atoms with Gasteiger partial charge in [-0.05, 0) is 0 Å². The van der Waals surface area contributed by atoms with Gasteiger partial charge in [-0.1, -0.05) is 18.2 Å². The van der Waals surface area contributed by atoms with E-state index in [2.05, 4.69) is 15.0 Å². The molecule has 10 nitrogen and oxygen atoms in total. The molecule has 1 aromatic carbocycles. The molecule has 0 unspecified atom stereocenters. The molecule has 0 saturated carbocycles. The maximum absolute atomic E-state index is 14.9. The molecular formula is C19H23FN6O4. The minimum Gasteiger partial charge on any atom is -0.443 e. The number of nitrogens with zero attached hydrogens (tertiary/aromatic N) is 4. The molecule has 1 aromatic heterocycles. The second kappa shape index (κ2) is 9.94. The number of aromatic nitrogens is 2. The number of methoxy groups -OCH3 is 1. The maximum atomic E-state index is 14.9. The highest BCUT2D eigenvalue weighted by molar-refractivity contribution is 5.87. The van der Waals surface area contributed by atoms with Gasteiger partial charge in [0.2, 0.25) is 5.95 Å². The van der Waals surface area contributed by atoms with E-state index >= 15 is 0 Å². The van der Waals surface area contributed by atoms with Crippen LogP contribution in [0.3, 0.4) is 0 Å². The summed E-state index contributed by atoms with van der Waals surface area (Å²) in [7, 11) is 1.62. The number of hydrogen-bond acceptors (Lipinski definition) is 7. The molecular weight excluding hydrogens is 395 g/mol. The van der Waals surface area contributed by atoms with Crippen LogP contribution in [0.2, 0.25) is 0 Å². The van der Waals surface area contributed by atoms with Gasteiger partial charge in [0.05, 0.1) is 19.3 Å². The van der Waals surface area contributed by atoms with Gasteiger partial charge < -0.3 is 30.6 Å². The summed E-state index contributed by atoms with van der Waals surface area (Å²) in [6, 6.07) is 4.74. The molecule has 1 saturated heterocycles. The Morgan fingerprint density at radius 1 is 1.37 bits per heavy atom. The monoisotopic (exact) mass is 418 g/mol. The van der Waals surface area contributed by atoms with E-state index in [1.165, 1.54) is 6.07 Å². The predicted octanol–water partition coefficient (Wildman–Crippen LogP) is 1.04. The topological polar surface area (TPSA) is 138 Å². The number of rotatable bonds is 6. The highest BCUT2D eigenvalue weighted by Gasteiger charge is 2.22. The third kappa shape index (κ3) is 5.39. The van der Waals surface area contributed by atoms with Gasteiger partial charge in [-0.3, -0.25) is 0 Å². The van der Waals surface area contributed by atoms with Crippen LogP contribution < -0.4 is 16.4 Å². The Balaban J connectivity index is 1.72. The lowest BCUT2D eigenvalue weighted by Crippen LogP contribution is -2.45. The largest absolute Gasteiger partial charge is 0.443 e. The molecule has 0 bridgehead atoms.